The van der Waals surface area contributed by atoms with E-state index in [1.54, 1.807) is 0 Å². The first-order valence-electron chi connectivity index (χ1n) is 5.96. The molecule has 0 aliphatic carbocycles. The van der Waals surface area contributed by atoms with Crippen LogP contribution in [0.2, 0.25) is 0 Å². The predicted octanol–water partition coefficient (Wildman–Crippen LogP) is -0.210. The van der Waals surface area contributed by atoms with Gasteiger partial charge in [0, 0.05) is 12.6 Å². The van der Waals surface area contributed by atoms with Gasteiger partial charge in [-0.05, 0) is 31.6 Å². The van der Waals surface area contributed by atoms with E-state index in [9.17, 15) is 10.2 Å². The number of hydrogen-bond acceptors (Lipinski definition) is 4. The summed E-state index contributed by atoms with van der Waals surface area (Å²) in [6, 6.07) is -0.253. The lowest BCUT2D eigenvalue weighted by Crippen LogP contribution is -2.31. The zero-order valence-electron chi connectivity index (χ0n) is 9.75. The van der Waals surface area contributed by atoms with Crippen LogP contribution in [0, 0.1) is 5.92 Å². The fraction of sp³-hybridized carbons (Fsp3) is 1.00. The van der Waals surface area contributed by atoms with Gasteiger partial charge < -0.3 is 20.1 Å². The van der Waals surface area contributed by atoms with Gasteiger partial charge in [-0.3, -0.25) is 0 Å². The van der Waals surface area contributed by atoms with Crippen LogP contribution in [0.3, 0.4) is 0 Å². The summed E-state index contributed by atoms with van der Waals surface area (Å²) in [5, 5.41) is 27.9. The molecule has 0 aromatic rings. The smallest absolute Gasteiger partial charge is 0.109 e. The minimum Gasteiger partial charge on any atom is -0.396 e. The summed E-state index contributed by atoms with van der Waals surface area (Å²) in [6.45, 7) is 1.91. The van der Waals surface area contributed by atoms with E-state index >= 15 is 0 Å². The topological polar surface area (TPSA) is 69.9 Å². The fourth-order valence-electron chi connectivity index (χ4n) is 2.31. The van der Waals surface area contributed by atoms with Crippen molar-refractivity contribution in [1.29, 1.82) is 0 Å². The maximum Gasteiger partial charge on any atom is 0.109 e. The molecule has 0 aromatic carbocycles. The van der Waals surface area contributed by atoms with Crippen LogP contribution >= 0.6 is 0 Å². The summed E-state index contributed by atoms with van der Waals surface area (Å²) in [5.74, 6) is 0.198. The van der Waals surface area contributed by atoms with Crippen molar-refractivity contribution < 1.29 is 20.1 Å². The number of rotatable bonds is 6. The molecule has 16 heavy (non-hydrogen) atoms. The highest BCUT2D eigenvalue weighted by atomic mass is 16.5. The van der Waals surface area contributed by atoms with E-state index in [1.165, 1.54) is 0 Å². The Labute approximate surface area is 98.0 Å². The summed E-state index contributed by atoms with van der Waals surface area (Å²) >= 11 is 0. The highest BCUT2D eigenvalue weighted by molar-refractivity contribution is 6.11. The second-order valence-corrected chi connectivity index (χ2v) is 4.50. The number of aliphatic hydroxyl groups excluding tert-OH is 3. The SMILES string of the molecule is [B]C1CC(CC(O)C(O)CCO)C(CC)O1. The van der Waals surface area contributed by atoms with Crippen molar-refractivity contribution in [3.8, 4) is 0 Å². The van der Waals surface area contributed by atoms with Crippen molar-refractivity contribution in [1.82, 2.24) is 0 Å². The lowest BCUT2D eigenvalue weighted by Gasteiger charge is -2.23. The number of hydrogen-bond donors (Lipinski definition) is 3. The van der Waals surface area contributed by atoms with E-state index in [2.05, 4.69) is 0 Å². The largest absolute Gasteiger partial charge is 0.396 e. The molecule has 1 heterocycles. The molecule has 0 saturated carbocycles. The van der Waals surface area contributed by atoms with E-state index in [4.69, 9.17) is 17.7 Å². The minimum atomic E-state index is -0.862. The molecule has 2 radical (unpaired) electrons. The number of aliphatic hydroxyl groups is 3. The average molecular weight is 228 g/mol. The molecule has 1 aliphatic heterocycles. The second kappa shape index (κ2) is 6.59. The maximum absolute atomic E-state index is 9.75. The Hall–Kier alpha value is -0.0951. The van der Waals surface area contributed by atoms with Crippen LogP contribution in [0.1, 0.15) is 32.6 Å². The molecule has 92 valence electrons. The lowest BCUT2D eigenvalue weighted by atomic mass is 9.85. The molecule has 1 fully saturated rings. The van der Waals surface area contributed by atoms with Crippen LogP contribution in [0.15, 0.2) is 0 Å². The summed E-state index contributed by atoms with van der Waals surface area (Å²) in [5.41, 5.74) is 0. The Balaban J connectivity index is 2.40. The molecule has 0 bridgehead atoms. The molecular weight excluding hydrogens is 207 g/mol. The van der Waals surface area contributed by atoms with Gasteiger partial charge in [-0.2, -0.15) is 0 Å². The lowest BCUT2D eigenvalue weighted by molar-refractivity contribution is -0.0165. The van der Waals surface area contributed by atoms with Crippen molar-refractivity contribution in [2.24, 2.45) is 5.92 Å². The minimum absolute atomic E-state index is 0.0750. The summed E-state index contributed by atoms with van der Waals surface area (Å²) in [4.78, 5) is 0. The van der Waals surface area contributed by atoms with Gasteiger partial charge in [-0.15, -0.1) is 0 Å². The molecular formula is C11H21BO4. The van der Waals surface area contributed by atoms with Crippen LogP contribution in [0.25, 0.3) is 0 Å². The Morgan fingerprint density at radius 2 is 2.06 bits per heavy atom. The van der Waals surface area contributed by atoms with E-state index in [-0.39, 0.29) is 31.1 Å². The van der Waals surface area contributed by atoms with Crippen molar-refractivity contribution in [2.45, 2.75) is 56.9 Å². The van der Waals surface area contributed by atoms with Crippen molar-refractivity contribution in [3.63, 3.8) is 0 Å². The van der Waals surface area contributed by atoms with Gasteiger partial charge in [-0.1, -0.05) is 6.92 Å². The molecule has 1 rings (SSSR count). The molecule has 5 atom stereocenters. The second-order valence-electron chi connectivity index (χ2n) is 4.50. The molecule has 0 amide bonds. The van der Waals surface area contributed by atoms with Gasteiger partial charge in [-0.25, -0.2) is 0 Å². The standard InChI is InChI=1S/C11H21BO4/c1-2-10-7(6-11(12)16-10)5-9(15)8(14)3-4-13/h7-11,13-15H,2-6H2,1H3. The van der Waals surface area contributed by atoms with Crippen LogP contribution < -0.4 is 0 Å². The third kappa shape index (κ3) is 3.73. The molecule has 1 saturated heterocycles. The van der Waals surface area contributed by atoms with Gasteiger partial charge >= 0.3 is 0 Å². The molecule has 5 heteroatoms. The Morgan fingerprint density at radius 3 is 2.62 bits per heavy atom. The quantitative estimate of drug-likeness (QED) is 0.550. The van der Waals surface area contributed by atoms with E-state index in [0.29, 0.717) is 6.42 Å². The Kier molecular flexibility index (Phi) is 5.76. The third-order valence-electron chi connectivity index (χ3n) is 3.23. The molecule has 5 unspecified atom stereocenters. The van der Waals surface area contributed by atoms with Gasteiger partial charge in [0.15, 0.2) is 0 Å². The van der Waals surface area contributed by atoms with Crippen molar-refractivity contribution in [2.75, 3.05) is 6.61 Å². The molecule has 3 N–H and O–H groups in total. The fourth-order valence-corrected chi connectivity index (χ4v) is 2.31. The summed E-state index contributed by atoms with van der Waals surface area (Å²) in [6.07, 6.45) is 0.679. The molecule has 0 spiro atoms. The molecule has 4 nitrogen and oxygen atoms in total. The molecule has 0 aromatic heterocycles. The first kappa shape index (κ1) is 14.0. The zero-order valence-corrected chi connectivity index (χ0v) is 9.75. The van der Waals surface area contributed by atoms with Crippen LogP contribution in [0.4, 0.5) is 0 Å². The van der Waals surface area contributed by atoms with Crippen LogP contribution in [-0.4, -0.2) is 54.1 Å². The maximum atomic E-state index is 9.75. The first-order chi connectivity index (χ1) is 7.58. The average Bonchev–Trinajstić information content (AvgIpc) is 2.59. The highest BCUT2D eigenvalue weighted by Crippen LogP contribution is 2.31. The summed E-state index contributed by atoms with van der Waals surface area (Å²) < 4.78 is 5.50. The third-order valence-corrected chi connectivity index (χ3v) is 3.23. The van der Waals surface area contributed by atoms with Gasteiger partial charge in [0.2, 0.25) is 0 Å². The zero-order chi connectivity index (χ0) is 12.1. The first-order valence-corrected chi connectivity index (χ1v) is 5.96. The predicted molar refractivity (Wildman–Crippen MR) is 61.1 cm³/mol. The number of ether oxygens (including phenoxy) is 1. The highest BCUT2D eigenvalue weighted by Gasteiger charge is 2.33. The van der Waals surface area contributed by atoms with Crippen molar-refractivity contribution >= 4 is 7.85 Å². The van der Waals surface area contributed by atoms with Gasteiger partial charge in [0.25, 0.3) is 0 Å². The summed E-state index contributed by atoms with van der Waals surface area (Å²) in [7, 11) is 5.70. The Morgan fingerprint density at radius 1 is 1.38 bits per heavy atom. The van der Waals surface area contributed by atoms with Gasteiger partial charge in [0.05, 0.1) is 18.3 Å². The van der Waals surface area contributed by atoms with E-state index in [0.717, 1.165) is 12.8 Å². The van der Waals surface area contributed by atoms with Crippen LogP contribution in [-0.2, 0) is 4.74 Å². The van der Waals surface area contributed by atoms with E-state index in [1.807, 2.05) is 6.92 Å². The normalized spacial score (nSPS) is 33.9. The van der Waals surface area contributed by atoms with Crippen LogP contribution in [0.5, 0.6) is 0 Å². The van der Waals surface area contributed by atoms with E-state index < -0.39 is 12.2 Å². The Bertz CT molecular complexity index is 202. The van der Waals surface area contributed by atoms with Gasteiger partial charge in [0.1, 0.15) is 7.85 Å². The molecule has 1 aliphatic rings. The monoisotopic (exact) mass is 228 g/mol. The van der Waals surface area contributed by atoms with Crippen molar-refractivity contribution in [3.05, 3.63) is 0 Å².